The van der Waals surface area contributed by atoms with Crippen molar-refractivity contribution < 1.29 is 4.74 Å². The molecule has 0 aliphatic carbocycles. The molecule has 84 valence electrons. The molecular weight excluding hydrogens is 176 g/mol. The Labute approximate surface area is 87.8 Å². The van der Waals surface area contributed by atoms with Crippen LogP contribution in [0.2, 0.25) is 0 Å². The molecule has 0 aromatic heterocycles. The summed E-state index contributed by atoms with van der Waals surface area (Å²) in [5.41, 5.74) is 0. The minimum Gasteiger partial charge on any atom is -0.383 e. The molecule has 0 unspecified atom stereocenters. The molecule has 0 bridgehead atoms. The minimum absolute atomic E-state index is 0.784. The highest BCUT2D eigenvalue weighted by Gasteiger charge is 2.19. The average molecular weight is 200 g/mol. The van der Waals surface area contributed by atoms with Gasteiger partial charge < -0.3 is 10.1 Å². The van der Waals surface area contributed by atoms with Gasteiger partial charge >= 0.3 is 0 Å². The molecule has 1 aliphatic rings. The van der Waals surface area contributed by atoms with Gasteiger partial charge in [-0.05, 0) is 38.9 Å². The summed E-state index contributed by atoms with van der Waals surface area (Å²) in [4.78, 5) is 2.59. The molecule has 1 fully saturated rings. The van der Waals surface area contributed by atoms with E-state index in [2.05, 4.69) is 17.1 Å². The van der Waals surface area contributed by atoms with E-state index in [0.29, 0.717) is 0 Å². The molecular formula is C11H24N2O. The third-order valence-electron chi connectivity index (χ3n) is 2.92. The average Bonchev–Trinajstić information content (AvgIpc) is 2.25. The summed E-state index contributed by atoms with van der Waals surface area (Å²) >= 11 is 0. The summed E-state index contributed by atoms with van der Waals surface area (Å²) in [6, 6.07) is 0.784. The minimum atomic E-state index is 0.784. The van der Waals surface area contributed by atoms with Crippen molar-refractivity contribution in [2.45, 2.75) is 32.2 Å². The van der Waals surface area contributed by atoms with E-state index in [0.717, 1.165) is 19.2 Å². The zero-order valence-electron chi connectivity index (χ0n) is 9.59. The molecule has 3 heteroatoms. The Bertz CT molecular complexity index is 135. The number of nitrogens with zero attached hydrogens (tertiary/aromatic N) is 1. The molecule has 0 atom stereocenters. The molecule has 1 heterocycles. The first-order valence-electron chi connectivity index (χ1n) is 5.82. The monoisotopic (exact) mass is 200 g/mol. The van der Waals surface area contributed by atoms with Gasteiger partial charge in [-0.1, -0.05) is 6.92 Å². The molecule has 3 nitrogen and oxygen atoms in total. The lowest BCUT2D eigenvalue weighted by Gasteiger charge is -2.34. The van der Waals surface area contributed by atoms with Gasteiger partial charge in [-0.2, -0.15) is 0 Å². The Morgan fingerprint density at radius 2 is 2.00 bits per heavy atom. The lowest BCUT2D eigenvalue weighted by atomic mass is 10.0. The van der Waals surface area contributed by atoms with Crippen LogP contribution in [0.25, 0.3) is 0 Å². The first-order valence-corrected chi connectivity index (χ1v) is 5.82. The van der Waals surface area contributed by atoms with E-state index in [4.69, 9.17) is 4.74 Å². The number of nitrogens with one attached hydrogen (secondary N) is 1. The van der Waals surface area contributed by atoms with Crippen molar-refractivity contribution in [3.63, 3.8) is 0 Å². The second-order valence-corrected chi connectivity index (χ2v) is 4.01. The molecule has 14 heavy (non-hydrogen) atoms. The fraction of sp³-hybridized carbons (Fsp3) is 1.00. The van der Waals surface area contributed by atoms with E-state index in [1.54, 1.807) is 7.11 Å². The van der Waals surface area contributed by atoms with Crippen LogP contribution in [0.15, 0.2) is 0 Å². The maximum absolute atomic E-state index is 5.15. The Hall–Kier alpha value is -0.120. The Morgan fingerprint density at radius 3 is 2.57 bits per heavy atom. The van der Waals surface area contributed by atoms with Crippen LogP contribution in [-0.2, 0) is 4.74 Å². The largest absolute Gasteiger partial charge is 0.383 e. The highest BCUT2D eigenvalue weighted by molar-refractivity contribution is 4.77. The van der Waals surface area contributed by atoms with Gasteiger partial charge in [0.25, 0.3) is 0 Å². The molecule has 1 N–H and O–H groups in total. The van der Waals surface area contributed by atoms with Crippen molar-refractivity contribution in [1.29, 1.82) is 0 Å². The van der Waals surface area contributed by atoms with Gasteiger partial charge in [-0.3, -0.25) is 4.90 Å². The number of piperidine rings is 1. The summed E-state index contributed by atoms with van der Waals surface area (Å²) in [5.74, 6) is 0. The fourth-order valence-corrected chi connectivity index (χ4v) is 2.14. The lowest BCUT2D eigenvalue weighted by Crippen LogP contribution is -2.44. The highest BCUT2D eigenvalue weighted by Crippen LogP contribution is 2.11. The molecule has 0 spiro atoms. The van der Waals surface area contributed by atoms with Crippen molar-refractivity contribution in [2.75, 3.05) is 39.9 Å². The molecule has 1 saturated heterocycles. The van der Waals surface area contributed by atoms with E-state index < -0.39 is 0 Å². The number of rotatable bonds is 6. The van der Waals surface area contributed by atoms with Gasteiger partial charge in [0.1, 0.15) is 0 Å². The first-order chi connectivity index (χ1) is 6.88. The third kappa shape index (κ3) is 3.95. The Kier molecular flexibility index (Phi) is 6.15. The second kappa shape index (κ2) is 7.21. The SMILES string of the molecule is CCCN(CCOC)C1CCNCC1. The first kappa shape index (κ1) is 12.0. The van der Waals surface area contributed by atoms with E-state index in [1.807, 2.05) is 0 Å². The van der Waals surface area contributed by atoms with Crippen LogP contribution in [-0.4, -0.2) is 50.8 Å². The van der Waals surface area contributed by atoms with Crippen LogP contribution >= 0.6 is 0 Å². The van der Waals surface area contributed by atoms with Crippen LogP contribution in [0, 0.1) is 0 Å². The van der Waals surface area contributed by atoms with Crippen molar-refractivity contribution in [2.24, 2.45) is 0 Å². The van der Waals surface area contributed by atoms with Crippen molar-refractivity contribution in [3.8, 4) is 0 Å². The summed E-state index contributed by atoms with van der Waals surface area (Å²) in [6.07, 6.45) is 3.83. The molecule has 1 aliphatic heterocycles. The second-order valence-electron chi connectivity index (χ2n) is 4.01. The number of hydrogen-bond acceptors (Lipinski definition) is 3. The number of methoxy groups -OCH3 is 1. The topological polar surface area (TPSA) is 24.5 Å². The van der Waals surface area contributed by atoms with Crippen LogP contribution < -0.4 is 5.32 Å². The molecule has 0 aromatic carbocycles. The fourth-order valence-electron chi connectivity index (χ4n) is 2.14. The van der Waals surface area contributed by atoms with Crippen LogP contribution in [0.5, 0.6) is 0 Å². The van der Waals surface area contributed by atoms with Gasteiger partial charge in [0.15, 0.2) is 0 Å². The maximum Gasteiger partial charge on any atom is 0.0589 e. The van der Waals surface area contributed by atoms with Gasteiger partial charge in [0.2, 0.25) is 0 Å². The number of hydrogen-bond donors (Lipinski definition) is 1. The maximum atomic E-state index is 5.15. The van der Waals surface area contributed by atoms with Crippen molar-refractivity contribution in [3.05, 3.63) is 0 Å². The summed E-state index contributed by atoms with van der Waals surface area (Å²) in [7, 11) is 1.78. The summed E-state index contributed by atoms with van der Waals surface area (Å²) < 4.78 is 5.15. The zero-order chi connectivity index (χ0) is 10.2. The number of ether oxygens (including phenoxy) is 1. The predicted molar refractivity (Wildman–Crippen MR) is 59.6 cm³/mol. The highest BCUT2D eigenvalue weighted by atomic mass is 16.5. The normalized spacial score (nSPS) is 19.1. The van der Waals surface area contributed by atoms with Gasteiger partial charge in [-0.25, -0.2) is 0 Å². The molecule has 0 amide bonds. The molecule has 0 saturated carbocycles. The molecule has 1 rings (SSSR count). The smallest absolute Gasteiger partial charge is 0.0589 e. The van der Waals surface area contributed by atoms with Crippen LogP contribution in [0.1, 0.15) is 26.2 Å². The molecule has 0 aromatic rings. The zero-order valence-corrected chi connectivity index (χ0v) is 9.59. The predicted octanol–water partition coefficient (Wildman–Crippen LogP) is 1.10. The Balaban J connectivity index is 2.30. The standard InChI is InChI=1S/C11H24N2O/c1-3-8-13(9-10-14-2)11-4-6-12-7-5-11/h11-12H,3-10H2,1-2H3. The quantitative estimate of drug-likeness (QED) is 0.695. The van der Waals surface area contributed by atoms with E-state index in [-0.39, 0.29) is 0 Å². The van der Waals surface area contributed by atoms with Crippen LogP contribution in [0.4, 0.5) is 0 Å². The van der Waals surface area contributed by atoms with E-state index in [9.17, 15) is 0 Å². The molecule has 0 radical (unpaired) electrons. The van der Waals surface area contributed by atoms with Gasteiger partial charge in [0.05, 0.1) is 6.61 Å². The van der Waals surface area contributed by atoms with Gasteiger partial charge in [0, 0.05) is 19.7 Å². The Morgan fingerprint density at radius 1 is 1.29 bits per heavy atom. The van der Waals surface area contributed by atoms with Crippen molar-refractivity contribution in [1.82, 2.24) is 10.2 Å². The van der Waals surface area contributed by atoms with Crippen molar-refractivity contribution >= 4 is 0 Å². The van der Waals surface area contributed by atoms with E-state index in [1.165, 1.54) is 38.9 Å². The lowest BCUT2D eigenvalue weighted by molar-refractivity contribution is 0.105. The summed E-state index contributed by atoms with van der Waals surface area (Å²) in [6.45, 7) is 7.78. The van der Waals surface area contributed by atoms with Gasteiger partial charge in [-0.15, -0.1) is 0 Å². The summed E-state index contributed by atoms with van der Waals surface area (Å²) in [5, 5.41) is 3.41. The third-order valence-corrected chi connectivity index (χ3v) is 2.92. The van der Waals surface area contributed by atoms with E-state index >= 15 is 0 Å². The van der Waals surface area contributed by atoms with Crippen LogP contribution in [0.3, 0.4) is 0 Å².